The van der Waals surface area contributed by atoms with Gasteiger partial charge in [-0.05, 0) is 31.0 Å². The molecule has 0 unspecified atom stereocenters. The van der Waals surface area contributed by atoms with Gasteiger partial charge in [-0.25, -0.2) is 0 Å². The Bertz CT molecular complexity index is 484. The van der Waals surface area contributed by atoms with Crippen LogP contribution < -0.4 is 10.6 Å². The molecule has 0 spiro atoms. The second kappa shape index (κ2) is 6.88. The number of aryl methyl sites for hydroxylation is 2. The van der Waals surface area contributed by atoms with Gasteiger partial charge in [-0.3, -0.25) is 4.79 Å². The van der Waals surface area contributed by atoms with Gasteiger partial charge >= 0.3 is 0 Å². The number of carbonyl (C=O) groups is 1. The van der Waals surface area contributed by atoms with Crippen molar-refractivity contribution in [2.75, 3.05) is 5.32 Å². The number of halogens is 3. The summed E-state index contributed by atoms with van der Waals surface area (Å²) >= 11 is 17.8. The number of hydrogen-bond acceptors (Lipinski definition) is 2. The number of benzene rings is 1. The molecule has 112 valence electrons. The highest BCUT2D eigenvalue weighted by Gasteiger charge is 2.34. The highest BCUT2D eigenvalue weighted by atomic mass is 35.6. The molecule has 1 atom stereocenters. The van der Waals surface area contributed by atoms with Crippen molar-refractivity contribution in [2.24, 2.45) is 5.92 Å². The van der Waals surface area contributed by atoms with Gasteiger partial charge in [-0.15, -0.1) is 0 Å². The monoisotopic (exact) mass is 336 g/mol. The molecule has 20 heavy (non-hydrogen) atoms. The summed E-state index contributed by atoms with van der Waals surface area (Å²) in [5.74, 6) is -0.371. The molecule has 0 radical (unpaired) electrons. The van der Waals surface area contributed by atoms with E-state index in [1.54, 1.807) is 13.8 Å². The summed E-state index contributed by atoms with van der Waals surface area (Å²) in [7, 11) is 0. The lowest BCUT2D eigenvalue weighted by atomic mass is 10.1. The van der Waals surface area contributed by atoms with E-state index in [4.69, 9.17) is 34.8 Å². The first kappa shape index (κ1) is 17.4. The van der Waals surface area contributed by atoms with E-state index in [2.05, 4.69) is 10.6 Å². The summed E-state index contributed by atoms with van der Waals surface area (Å²) in [6.07, 6.45) is -0.803. The first-order valence-electron chi connectivity index (χ1n) is 6.32. The fraction of sp³-hybridized carbons (Fsp3) is 0.500. The predicted octanol–water partition coefficient (Wildman–Crippen LogP) is 4.18. The zero-order chi connectivity index (χ0) is 15.5. The van der Waals surface area contributed by atoms with Crippen molar-refractivity contribution >= 4 is 46.4 Å². The number of hydrogen-bond donors (Lipinski definition) is 2. The number of rotatable bonds is 4. The Balaban J connectivity index is 2.96. The van der Waals surface area contributed by atoms with Crippen LogP contribution in [-0.4, -0.2) is 15.9 Å². The van der Waals surface area contributed by atoms with Crippen LogP contribution in [0.4, 0.5) is 5.69 Å². The molecule has 0 heterocycles. The maximum Gasteiger partial charge on any atom is 0.228 e. The van der Waals surface area contributed by atoms with Gasteiger partial charge in [-0.2, -0.15) is 0 Å². The van der Waals surface area contributed by atoms with Crippen LogP contribution in [0.5, 0.6) is 0 Å². The summed E-state index contributed by atoms with van der Waals surface area (Å²) < 4.78 is -1.65. The molecule has 0 fully saturated rings. The predicted molar refractivity (Wildman–Crippen MR) is 86.6 cm³/mol. The molecule has 1 amide bonds. The van der Waals surface area contributed by atoms with Gasteiger partial charge in [0.05, 0.1) is 0 Å². The van der Waals surface area contributed by atoms with Crippen LogP contribution in [0.2, 0.25) is 0 Å². The minimum Gasteiger partial charge on any atom is -0.362 e. The molecule has 0 bridgehead atoms. The van der Waals surface area contributed by atoms with Crippen LogP contribution in [0.25, 0.3) is 0 Å². The molecule has 1 aromatic carbocycles. The van der Waals surface area contributed by atoms with Crippen molar-refractivity contribution in [3.05, 3.63) is 29.3 Å². The molecule has 0 saturated carbocycles. The van der Waals surface area contributed by atoms with Crippen molar-refractivity contribution in [3.63, 3.8) is 0 Å². The Hall–Kier alpha value is -0.640. The first-order chi connectivity index (χ1) is 9.11. The fourth-order valence-corrected chi connectivity index (χ4v) is 1.88. The number of alkyl halides is 3. The molecule has 6 heteroatoms. The standard InChI is InChI=1S/C14H19Cl3N2O/c1-8(2)12(20)19-13(14(15,16)17)18-11-7-9(3)5-6-10(11)4/h5-8,13,18H,1-4H3,(H,19,20)/t13-/m0/s1. The lowest BCUT2D eigenvalue weighted by Crippen LogP contribution is -2.50. The van der Waals surface area contributed by atoms with Crippen molar-refractivity contribution in [1.82, 2.24) is 5.32 Å². The molecular weight excluding hydrogens is 319 g/mol. The van der Waals surface area contributed by atoms with Crippen LogP contribution in [-0.2, 0) is 4.79 Å². The smallest absolute Gasteiger partial charge is 0.228 e. The van der Waals surface area contributed by atoms with Crippen LogP contribution in [0.1, 0.15) is 25.0 Å². The quantitative estimate of drug-likeness (QED) is 0.639. The maximum atomic E-state index is 11.8. The van der Waals surface area contributed by atoms with Gasteiger partial charge < -0.3 is 10.6 Å². The Labute approximate surface area is 135 Å². The van der Waals surface area contributed by atoms with Gasteiger partial charge in [0.25, 0.3) is 0 Å². The first-order valence-corrected chi connectivity index (χ1v) is 7.45. The van der Waals surface area contributed by atoms with Crippen LogP contribution in [0, 0.1) is 19.8 Å². The van der Waals surface area contributed by atoms with Crippen molar-refractivity contribution in [3.8, 4) is 0 Å². The number of carbonyl (C=O) groups excluding carboxylic acids is 1. The maximum absolute atomic E-state index is 11.8. The molecular formula is C14H19Cl3N2O. The third-order valence-corrected chi connectivity index (χ3v) is 3.49. The van der Waals surface area contributed by atoms with E-state index in [-0.39, 0.29) is 11.8 Å². The number of anilines is 1. The Morgan fingerprint density at radius 2 is 1.80 bits per heavy atom. The van der Waals surface area contributed by atoms with Gasteiger partial charge in [-0.1, -0.05) is 60.8 Å². The molecule has 1 rings (SSSR count). The Kier molecular flexibility index (Phi) is 5.99. The van der Waals surface area contributed by atoms with Crippen molar-refractivity contribution in [2.45, 2.75) is 37.7 Å². The molecule has 0 aliphatic carbocycles. The topological polar surface area (TPSA) is 41.1 Å². The normalized spacial score (nSPS) is 13.2. The SMILES string of the molecule is Cc1ccc(C)c(N[C@@H](NC(=O)C(C)C)C(Cl)(Cl)Cl)c1. The van der Waals surface area contributed by atoms with E-state index in [0.717, 1.165) is 16.8 Å². The van der Waals surface area contributed by atoms with Gasteiger partial charge in [0.15, 0.2) is 0 Å². The third-order valence-electron chi connectivity index (χ3n) is 2.83. The summed E-state index contributed by atoms with van der Waals surface area (Å²) in [5, 5.41) is 5.79. The van der Waals surface area contributed by atoms with E-state index in [1.807, 2.05) is 32.0 Å². The van der Waals surface area contributed by atoms with Crippen LogP contribution in [0.15, 0.2) is 18.2 Å². The molecule has 1 aromatic rings. The molecule has 0 aliphatic heterocycles. The molecule has 0 saturated heterocycles. The average molecular weight is 338 g/mol. The third kappa shape index (κ3) is 5.04. The van der Waals surface area contributed by atoms with E-state index in [0.29, 0.717) is 0 Å². The fourth-order valence-electron chi connectivity index (χ4n) is 1.56. The summed E-state index contributed by atoms with van der Waals surface area (Å²) in [6, 6.07) is 5.91. The lowest BCUT2D eigenvalue weighted by Gasteiger charge is -2.29. The zero-order valence-electron chi connectivity index (χ0n) is 11.9. The summed E-state index contributed by atoms with van der Waals surface area (Å²) in [6.45, 7) is 7.48. The zero-order valence-corrected chi connectivity index (χ0v) is 14.2. The second-order valence-corrected chi connectivity index (χ2v) is 7.47. The number of amides is 1. The van der Waals surface area contributed by atoms with Crippen LogP contribution >= 0.6 is 34.8 Å². The minimum atomic E-state index is -1.65. The molecule has 2 N–H and O–H groups in total. The summed E-state index contributed by atoms with van der Waals surface area (Å²) in [4.78, 5) is 11.8. The number of nitrogens with one attached hydrogen (secondary N) is 2. The highest BCUT2D eigenvalue weighted by Crippen LogP contribution is 2.32. The second-order valence-electron chi connectivity index (χ2n) is 5.10. The van der Waals surface area contributed by atoms with Crippen molar-refractivity contribution < 1.29 is 4.79 Å². The van der Waals surface area contributed by atoms with E-state index in [9.17, 15) is 4.79 Å². The van der Waals surface area contributed by atoms with Gasteiger partial charge in [0.2, 0.25) is 9.70 Å². The molecule has 0 aromatic heterocycles. The largest absolute Gasteiger partial charge is 0.362 e. The lowest BCUT2D eigenvalue weighted by molar-refractivity contribution is -0.124. The average Bonchev–Trinajstić information content (AvgIpc) is 2.31. The van der Waals surface area contributed by atoms with E-state index in [1.165, 1.54) is 0 Å². The van der Waals surface area contributed by atoms with Crippen LogP contribution in [0.3, 0.4) is 0 Å². The minimum absolute atomic E-state index is 0.181. The van der Waals surface area contributed by atoms with Crippen molar-refractivity contribution in [1.29, 1.82) is 0 Å². The molecule has 3 nitrogen and oxygen atoms in total. The van der Waals surface area contributed by atoms with Gasteiger partial charge in [0, 0.05) is 11.6 Å². The Morgan fingerprint density at radius 3 is 2.30 bits per heavy atom. The van der Waals surface area contributed by atoms with Gasteiger partial charge in [0.1, 0.15) is 6.17 Å². The van der Waals surface area contributed by atoms with E-state index >= 15 is 0 Å². The highest BCUT2D eigenvalue weighted by molar-refractivity contribution is 6.68. The van der Waals surface area contributed by atoms with E-state index < -0.39 is 9.96 Å². The molecule has 0 aliphatic rings. The Morgan fingerprint density at radius 1 is 1.20 bits per heavy atom. The summed E-state index contributed by atoms with van der Waals surface area (Å²) in [5.41, 5.74) is 2.91.